The molecule has 0 bridgehead atoms. The Kier molecular flexibility index (Phi) is 6.27. The molecule has 1 fully saturated rings. The number of halogens is 1. The zero-order chi connectivity index (χ0) is 19.2. The maximum atomic E-state index is 14.3. The number of guanidine groups is 1. The van der Waals surface area contributed by atoms with Crippen LogP contribution < -0.4 is 15.5 Å². The first-order valence-corrected chi connectivity index (χ1v) is 9.45. The molecule has 1 aliphatic heterocycles. The maximum absolute atomic E-state index is 14.3. The van der Waals surface area contributed by atoms with Crippen LogP contribution in [-0.2, 0) is 6.54 Å². The Labute approximate surface area is 160 Å². The summed E-state index contributed by atoms with van der Waals surface area (Å²) in [5, 5.41) is 6.81. The van der Waals surface area contributed by atoms with E-state index in [4.69, 9.17) is 0 Å². The Bertz CT molecular complexity index is 805. The standard InChI is InChI=1S/C21H28FN5/c1-15-8-9-18(22)20(12-15)27-11-5-7-17(14-27)26-21(23-3)25-13-19-16(2)6-4-10-24-19/h4,6,8-10,12,17H,5,7,11,13-14H2,1-3H3,(H2,23,25,26). The van der Waals surface area contributed by atoms with E-state index >= 15 is 0 Å². The first-order valence-electron chi connectivity index (χ1n) is 9.45. The summed E-state index contributed by atoms with van der Waals surface area (Å²) in [6.45, 7) is 6.29. The summed E-state index contributed by atoms with van der Waals surface area (Å²) in [5.74, 6) is 0.589. The first kappa shape index (κ1) is 19.1. The van der Waals surface area contributed by atoms with Crippen LogP contribution in [0.4, 0.5) is 10.1 Å². The second-order valence-corrected chi connectivity index (χ2v) is 7.08. The smallest absolute Gasteiger partial charge is 0.191 e. The highest BCUT2D eigenvalue weighted by atomic mass is 19.1. The molecule has 1 unspecified atom stereocenters. The highest BCUT2D eigenvalue weighted by Gasteiger charge is 2.23. The zero-order valence-corrected chi connectivity index (χ0v) is 16.3. The lowest BCUT2D eigenvalue weighted by molar-refractivity contribution is 0.462. The van der Waals surface area contributed by atoms with Crippen molar-refractivity contribution in [3.05, 3.63) is 59.2 Å². The van der Waals surface area contributed by atoms with Gasteiger partial charge in [-0.05, 0) is 56.0 Å². The van der Waals surface area contributed by atoms with Crippen molar-refractivity contribution in [2.45, 2.75) is 39.3 Å². The molecule has 2 heterocycles. The fourth-order valence-electron chi connectivity index (χ4n) is 3.44. The third kappa shape index (κ3) is 4.96. The fraction of sp³-hybridized carbons (Fsp3) is 0.429. The van der Waals surface area contributed by atoms with Crippen molar-refractivity contribution in [1.82, 2.24) is 15.6 Å². The minimum Gasteiger partial charge on any atom is -0.367 e. The van der Waals surface area contributed by atoms with Gasteiger partial charge in [0.05, 0.1) is 17.9 Å². The number of aryl methyl sites for hydroxylation is 2. The van der Waals surface area contributed by atoms with Crippen molar-refractivity contribution in [1.29, 1.82) is 0 Å². The van der Waals surface area contributed by atoms with E-state index < -0.39 is 0 Å². The quantitative estimate of drug-likeness (QED) is 0.642. The summed E-state index contributed by atoms with van der Waals surface area (Å²) < 4.78 is 14.3. The van der Waals surface area contributed by atoms with Gasteiger partial charge in [-0.1, -0.05) is 12.1 Å². The van der Waals surface area contributed by atoms with E-state index in [0.29, 0.717) is 12.2 Å². The number of anilines is 1. The van der Waals surface area contributed by atoms with Crippen LogP contribution in [-0.4, -0.2) is 37.1 Å². The molecule has 27 heavy (non-hydrogen) atoms. The van der Waals surface area contributed by atoms with E-state index in [1.54, 1.807) is 19.3 Å². The number of hydrogen-bond acceptors (Lipinski definition) is 3. The molecule has 1 aliphatic rings. The Hall–Kier alpha value is -2.63. The SMILES string of the molecule is CN=C(NCc1ncccc1C)NC1CCCN(c2cc(C)ccc2F)C1. The Morgan fingerprint density at radius 3 is 2.96 bits per heavy atom. The number of nitrogens with zero attached hydrogens (tertiary/aromatic N) is 3. The molecule has 0 spiro atoms. The zero-order valence-electron chi connectivity index (χ0n) is 16.3. The van der Waals surface area contributed by atoms with E-state index in [0.717, 1.165) is 48.7 Å². The predicted molar refractivity (Wildman–Crippen MR) is 109 cm³/mol. The van der Waals surface area contributed by atoms with Crippen LogP contribution in [0.1, 0.15) is 29.7 Å². The van der Waals surface area contributed by atoms with Gasteiger partial charge in [0, 0.05) is 32.4 Å². The molecule has 1 atom stereocenters. The Balaban J connectivity index is 1.60. The van der Waals surface area contributed by atoms with Crippen molar-refractivity contribution < 1.29 is 4.39 Å². The van der Waals surface area contributed by atoms with Gasteiger partial charge in [-0.25, -0.2) is 4.39 Å². The van der Waals surface area contributed by atoms with Crippen LogP contribution in [0.15, 0.2) is 41.5 Å². The third-order valence-corrected chi connectivity index (χ3v) is 4.97. The number of hydrogen-bond donors (Lipinski definition) is 2. The summed E-state index contributed by atoms with van der Waals surface area (Å²) in [5.41, 5.74) is 3.92. The van der Waals surface area contributed by atoms with Gasteiger partial charge in [0.1, 0.15) is 5.82 Å². The number of aromatic nitrogens is 1. The summed E-state index contributed by atoms with van der Waals surface area (Å²) in [6.07, 6.45) is 3.85. The van der Waals surface area contributed by atoms with E-state index in [1.165, 1.54) is 0 Å². The van der Waals surface area contributed by atoms with E-state index in [1.807, 2.05) is 25.1 Å². The molecule has 1 aromatic carbocycles. The van der Waals surface area contributed by atoms with Gasteiger partial charge >= 0.3 is 0 Å². The molecule has 2 N–H and O–H groups in total. The van der Waals surface area contributed by atoms with Gasteiger partial charge in [-0.3, -0.25) is 9.98 Å². The van der Waals surface area contributed by atoms with Crippen LogP contribution in [0.5, 0.6) is 0 Å². The molecule has 6 heteroatoms. The molecule has 0 aliphatic carbocycles. The van der Waals surface area contributed by atoms with Crippen molar-refractivity contribution in [3.8, 4) is 0 Å². The lowest BCUT2D eigenvalue weighted by Crippen LogP contribution is -2.51. The van der Waals surface area contributed by atoms with Crippen molar-refractivity contribution in [3.63, 3.8) is 0 Å². The number of pyridine rings is 1. The molecule has 0 saturated carbocycles. The summed E-state index contributed by atoms with van der Waals surface area (Å²) >= 11 is 0. The molecular weight excluding hydrogens is 341 g/mol. The molecule has 0 radical (unpaired) electrons. The van der Waals surface area contributed by atoms with Crippen LogP contribution in [0.3, 0.4) is 0 Å². The van der Waals surface area contributed by atoms with Crippen molar-refractivity contribution >= 4 is 11.6 Å². The average molecular weight is 369 g/mol. The lowest BCUT2D eigenvalue weighted by atomic mass is 10.0. The topological polar surface area (TPSA) is 52.6 Å². The molecular formula is C21H28FN5. The van der Waals surface area contributed by atoms with Gasteiger partial charge in [0.2, 0.25) is 0 Å². The van der Waals surface area contributed by atoms with E-state index in [-0.39, 0.29) is 11.9 Å². The molecule has 3 rings (SSSR count). The third-order valence-electron chi connectivity index (χ3n) is 4.97. The highest BCUT2D eigenvalue weighted by molar-refractivity contribution is 5.80. The normalized spacial score (nSPS) is 17.7. The fourth-order valence-corrected chi connectivity index (χ4v) is 3.44. The van der Waals surface area contributed by atoms with Crippen molar-refractivity contribution in [2.75, 3.05) is 25.0 Å². The first-order chi connectivity index (χ1) is 13.1. The Morgan fingerprint density at radius 1 is 1.33 bits per heavy atom. The second-order valence-electron chi connectivity index (χ2n) is 7.08. The van der Waals surface area contributed by atoms with Gasteiger partial charge < -0.3 is 15.5 Å². The van der Waals surface area contributed by atoms with Gasteiger partial charge in [0.25, 0.3) is 0 Å². The van der Waals surface area contributed by atoms with E-state index in [2.05, 4.69) is 38.5 Å². The second kappa shape index (κ2) is 8.84. The van der Waals surface area contributed by atoms with E-state index in [9.17, 15) is 4.39 Å². The number of rotatable bonds is 4. The van der Waals surface area contributed by atoms with Gasteiger partial charge in [0.15, 0.2) is 5.96 Å². The predicted octanol–water partition coefficient (Wildman–Crippen LogP) is 3.17. The Morgan fingerprint density at radius 2 is 2.19 bits per heavy atom. The molecule has 1 aromatic heterocycles. The summed E-state index contributed by atoms with van der Waals surface area (Å²) in [4.78, 5) is 10.9. The van der Waals surface area contributed by atoms with Gasteiger partial charge in [-0.15, -0.1) is 0 Å². The minimum absolute atomic E-state index is 0.158. The average Bonchev–Trinajstić information content (AvgIpc) is 2.68. The van der Waals surface area contributed by atoms with Gasteiger partial charge in [-0.2, -0.15) is 0 Å². The minimum atomic E-state index is -0.158. The highest BCUT2D eigenvalue weighted by Crippen LogP contribution is 2.24. The van der Waals surface area contributed by atoms with Crippen LogP contribution >= 0.6 is 0 Å². The number of benzene rings is 1. The molecule has 1 saturated heterocycles. The lowest BCUT2D eigenvalue weighted by Gasteiger charge is -2.35. The number of aliphatic imine (C=N–C) groups is 1. The maximum Gasteiger partial charge on any atom is 0.191 e. The molecule has 5 nitrogen and oxygen atoms in total. The molecule has 0 amide bonds. The van der Waals surface area contributed by atoms with Crippen LogP contribution in [0.2, 0.25) is 0 Å². The van der Waals surface area contributed by atoms with Crippen LogP contribution in [0, 0.1) is 19.7 Å². The number of nitrogens with one attached hydrogen (secondary N) is 2. The van der Waals surface area contributed by atoms with Crippen molar-refractivity contribution in [2.24, 2.45) is 4.99 Å². The summed E-state index contributed by atoms with van der Waals surface area (Å²) in [6, 6.07) is 9.49. The van der Waals surface area contributed by atoms with Crippen LogP contribution in [0.25, 0.3) is 0 Å². The molecule has 144 valence electrons. The largest absolute Gasteiger partial charge is 0.367 e. The summed E-state index contributed by atoms with van der Waals surface area (Å²) in [7, 11) is 1.77. The molecule has 2 aromatic rings. The monoisotopic (exact) mass is 369 g/mol. The number of piperidine rings is 1.